The standard InChI is InChI=1S/C13H18F3NO3/c1-18-4-5-20-7-6-19-3-2-17-13-9-11(15)10(14)8-12(13)16/h8-9,17H,2-7H2,1H3. The van der Waals surface area contributed by atoms with Gasteiger partial charge in [-0.3, -0.25) is 0 Å². The first kappa shape index (κ1) is 16.7. The van der Waals surface area contributed by atoms with Gasteiger partial charge in [0, 0.05) is 25.8 Å². The van der Waals surface area contributed by atoms with E-state index in [0.717, 1.165) is 6.07 Å². The van der Waals surface area contributed by atoms with Crippen LogP contribution in [0, 0.1) is 17.5 Å². The molecule has 0 heterocycles. The monoisotopic (exact) mass is 293 g/mol. The Morgan fingerprint density at radius 2 is 1.45 bits per heavy atom. The minimum atomic E-state index is -1.21. The number of methoxy groups -OCH3 is 1. The molecule has 114 valence electrons. The lowest BCUT2D eigenvalue weighted by atomic mass is 10.3. The van der Waals surface area contributed by atoms with Crippen molar-refractivity contribution < 1.29 is 27.4 Å². The third-order valence-corrected chi connectivity index (χ3v) is 2.38. The fraction of sp³-hybridized carbons (Fsp3) is 0.538. The van der Waals surface area contributed by atoms with E-state index >= 15 is 0 Å². The summed E-state index contributed by atoms with van der Waals surface area (Å²) in [6.45, 7) is 2.43. The fourth-order valence-corrected chi connectivity index (χ4v) is 1.38. The summed E-state index contributed by atoms with van der Waals surface area (Å²) in [6.07, 6.45) is 0. The van der Waals surface area contributed by atoms with Gasteiger partial charge in [0.15, 0.2) is 11.6 Å². The summed E-state index contributed by atoms with van der Waals surface area (Å²) in [5, 5.41) is 2.62. The molecule has 0 unspecified atom stereocenters. The highest BCUT2D eigenvalue weighted by molar-refractivity contribution is 5.45. The molecule has 20 heavy (non-hydrogen) atoms. The van der Waals surface area contributed by atoms with Gasteiger partial charge in [-0.05, 0) is 0 Å². The van der Waals surface area contributed by atoms with Crippen molar-refractivity contribution in [3.8, 4) is 0 Å². The number of nitrogens with one attached hydrogen (secondary N) is 1. The quantitative estimate of drug-likeness (QED) is 0.530. The zero-order valence-electron chi connectivity index (χ0n) is 11.3. The van der Waals surface area contributed by atoms with Crippen molar-refractivity contribution in [1.82, 2.24) is 0 Å². The number of anilines is 1. The molecule has 0 saturated heterocycles. The van der Waals surface area contributed by atoms with Crippen LogP contribution in [0.1, 0.15) is 0 Å². The maximum Gasteiger partial charge on any atom is 0.161 e. The van der Waals surface area contributed by atoms with Crippen molar-refractivity contribution >= 4 is 5.69 Å². The predicted molar refractivity (Wildman–Crippen MR) is 68.3 cm³/mol. The maximum absolute atomic E-state index is 13.2. The van der Waals surface area contributed by atoms with Crippen LogP contribution >= 0.6 is 0 Å². The molecule has 1 aromatic carbocycles. The van der Waals surface area contributed by atoms with Crippen molar-refractivity contribution in [2.45, 2.75) is 0 Å². The first-order chi connectivity index (χ1) is 9.65. The lowest BCUT2D eigenvalue weighted by Crippen LogP contribution is -2.14. The van der Waals surface area contributed by atoms with Gasteiger partial charge in [-0.2, -0.15) is 0 Å². The second-order valence-electron chi connectivity index (χ2n) is 3.89. The van der Waals surface area contributed by atoms with E-state index in [4.69, 9.17) is 14.2 Å². The Bertz CT molecular complexity index is 405. The van der Waals surface area contributed by atoms with Crippen LogP contribution in [0.25, 0.3) is 0 Å². The zero-order chi connectivity index (χ0) is 14.8. The van der Waals surface area contributed by atoms with E-state index in [-0.39, 0.29) is 12.2 Å². The molecule has 0 spiro atoms. The summed E-state index contributed by atoms with van der Waals surface area (Å²) < 4.78 is 54.0. The molecule has 0 saturated carbocycles. The average molecular weight is 293 g/mol. The van der Waals surface area contributed by atoms with E-state index in [1.165, 1.54) is 0 Å². The number of benzene rings is 1. The molecular weight excluding hydrogens is 275 g/mol. The molecule has 0 aliphatic rings. The molecule has 0 fully saturated rings. The SMILES string of the molecule is COCCOCCOCCNc1cc(F)c(F)cc1F. The molecule has 0 radical (unpaired) electrons. The second-order valence-corrected chi connectivity index (χ2v) is 3.89. The van der Waals surface area contributed by atoms with Crippen molar-refractivity contribution in [3.05, 3.63) is 29.6 Å². The normalized spacial score (nSPS) is 10.8. The van der Waals surface area contributed by atoms with Crippen LogP contribution in [0.3, 0.4) is 0 Å². The van der Waals surface area contributed by atoms with E-state index in [0.29, 0.717) is 39.1 Å². The van der Waals surface area contributed by atoms with E-state index in [2.05, 4.69) is 5.32 Å². The van der Waals surface area contributed by atoms with Crippen LogP contribution in [0.15, 0.2) is 12.1 Å². The number of ether oxygens (including phenoxy) is 3. The Balaban J connectivity index is 2.11. The fourth-order valence-electron chi connectivity index (χ4n) is 1.38. The molecular formula is C13H18F3NO3. The number of hydrogen-bond donors (Lipinski definition) is 1. The van der Waals surface area contributed by atoms with Gasteiger partial charge in [0.2, 0.25) is 0 Å². The molecule has 4 nitrogen and oxygen atoms in total. The molecule has 1 aromatic rings. The molecule has 0 bridgehead atoms. The third-order valence-electron chi connectivity index (χ3n) is 2.38. The van der Waals surface area contributed by atoms with Crippen LogP contribution < -0.4 is 5.32 Å². The molecule has 0 atom stereocenters. The van der Waals surface area contributed by atoms with Gasteiger partial charge < -0.3 is 19.5 Å². The predicted octanol–water partition coefficient (Wildman–Crippen LogP) is 2.20. The van der Waals surface area contributed by atoms with Gasteiger partial charge in [-0.1, -0.05) is 0 Å². The van der Waals surface area contributed by atoms with E-state index in [1.54, 1.807) is 7.11 Å². The van der Waals surface area contributed by atoms with Gasteiger partial charge in [0.05, 0.1) is 38.7 Å². The molecule has 1 N–H and O–H groups in total. The largest absolute Gasteiger partial charge is 0.382 e. The summed E-state index contributed by atoms with van der Waals surface area (Å²) in [6, 6.07) is 1.28. The van der Waals surface area contributed by atoms with Crippen LogP contribution in [-0.2, 0) is 14.2 Å². The van der Waals surface area contributed by atoms with Crippen molar-refractivity contribution in [2.75, 3.05) is 52.0 Å². The highest BCUT2D eigenvalue weighted by Gasteiger charge is 2.08. The topological polar surface area (TPSA) is 39.7 Å². The minimum absolute atomic E-state index is 0.0937. The Morgan fingerprint density at radius 3 is 2.15 bits per heavy atom. The minimum Gasteiger partial charge on any atom is -0.382 e. The van der Waals surface area contributed by atoms with Gasteiger partial charge in [-0.25, -0.2) is 13.2 Å². The highest BCUT2D eigenvalue weighted by Crippen LogP contribution is 2.17. The Hall–Kier alpha value is -1.31. The molecule has 7 heteroatoms. The Morgan fingerprint density at radius 1 is 0.850 bits per heavy atom. The maximum atomic E-state index is 13.2. The zero-order valence-corrected chi connectivity index (χ0v) is 11.3. The van der Waals surface area contributed by atoms with Gasteiger partial charge in [0.25, 0.3) is 0 Å². The van der Waals surface area contributed by atoms with Crippen LogP contribution in [0.5, 0.6) is 0 Å². The Kier molecular flexibility index (Phi) is 8.01. The summed E-state index contributed by atoms with van der Waals surface area (Å²) in [5.41, 5.74) is -0.0937. The number of rotatable bonds is 10. The van der Waals surface area contributed by atoms with Crippen LogP contribution in [-0.4, -0.2) is 46.7 Å². The number of halogens is 3. The van der Waals surface area contributed by atoms with Crippen LogP contribution in [0.4, 0.5) is 18.9 Å². The molecule has 1 rings (SSSR count). The first-order valence-electron chi connectivity index (χ1n) is 6.18. The Labute approximate surface area is 115 Å². The van der Waals surface area contributed by atoms with E-state index in [9.17, 15) is 13.2 Å². The van der Waals surface area contributed by atoms with Crippen molar-refractivity contribution in [2.24, 2.45) is 0 Å². The van der Waals surface area contributed by atoms with E-state index < -0.39 is 17.5 Å². The summed E-state index contributed by atoms with van der Waals surface area (Å²) in [7, 11) is 1.59. The van der Waals surface area contributed by atoms with Gasteiger partial charge in [-0.15, -0.1) is 0 Å². The van der Waals surface area contributed by atoms with Crippen LogP contribution in [0.2, 0.25) is 0 Å². The molecule has 0 aliphatic heterocycles. The molecule has 0 aliphatic carbocycles. The van der Waals surface area contributed by atoms with Gasteiger partial charge in [0.1, 0.15) is 5.82 Å². The van der Waals surface area contributed by atoms with Crippen molar-refractivity contribution in [3.63, 3.8) is 0 Å². The smallest absolute Gasteiger partial charge is 0.161 e. The van der Waals surface area contributed by atoms with Gasteiger partial charge >= 0.3 is 0 Å². The second kappa shape index (κ2) is 9.57. The summed E-state index contributed by atoms with van der Waals surface area (Å²) in [4.78, 5) is 0. The molecule has 0 amide bonds. The molecule has 0 aromatic heterocycles. The first-order valence-corrected chi connectivity index (χ1v) is 6.18. The lowest BCUT2D eigenvalue weighted by Gasteiger charge is -2.09. The van der Waals surface area contributed by atoms with E-state index in [1.807, 2.05) is 0 Å². The number of hydrogen-bond acceptors (Lipinski definition) is 4. The third kappa shape index (κ3) is 6.23. The average Bonchev–Trinajstić information content (AvgIpc) is 2.42. The highest BCUT2D eigenvalue weighted by atomic mass is 19.2. The van der Waals surface area contributed by atoms with Crippen molar-refractivity contribution in [1.29, 1.82) is 0 Å². The lowest BCUT2D eigenvalue weighted by molar-refractivity contribution is 0.0272. The summed E-state index contributed by atoms with van der Waals surface area (Å²) in [5.74, 6) is -3.15. The summed E-state index contributed by atoms with van der Waals surface area (Å²) >= 11 is 0.